The number of nitrogens with one attached hydrogen (secondary N) is 1. The maximum absolute atomic E-state index is 12.5. The van der Waals surface area contributed by atoms with Crippen molar-refractivity contribution in [2.75, 3.05) is 6.61 Å². The molecule has 1 amide bonds. The van der Waals surface area contributed by atoms with Crippen LogP contribution in [0.4, 0.5) is 0 Å². The van der Waals surface area contributed by atoms with Gasteiger partial charge in [0, 0.05) is 0 Å². The van der Waals surface area contributed by atoms with E-state index in [1.807, 2.05) is 0 Å². The van der Waals surface area contributed by atoms with Crippen LogP contribution < -0.4 is 5.32 Å². The smallest absolute Gasteiger partial charge is 0.249 e. The summed E-state index contributed by atoms with van der Waals surface area (Å²) in [5, 5.41) is 43.4. The van der Waals surface area contributed by atoms with Crippen LogP contribution in [0.25, 0.3) is 0 Å². The normalized spacial score (nSPS) is 14.4. The molecule has 0 fully saturated rings. The van der Waals surface area contributed by atoms with Gasteiger partial charge in [0.2, 0.25) is 5.91 Å². The first kappa shape index (κ1) is 52.5. The second-order valence-electron chi connectivity index (χ2n) is 16.1. The molecule has 0 aromatic carbocycles. The zero-order chi connectivity index (χ0) is 39.6. The Morgan fingerprint density at radius 1 is 0.463 bits per heavy atom. The molecule has 4 unspecified atom stereocenters. The lowest BCUT2D eigenvalue weighted by molar-refractivity contribution is -0.132. The van der Waals surface area contributed by atoms with Gasteiger partial charge in [-0.25, -0.2) is 0 Å². The third kappa shape index (κ3) is 36.2. The fourth-order valence-corrected chi connectivity index (χ4v) is 7.08. The van der Waals surface area contributed by atoms with Gasteiger partial charge in [0.1, 0.15) is 12.2 Å². The van der Waals surface area contributed by atoms with E-state index in [9.17, 15) is 25.2 Å². The molecule has 0 aromatic heterocycles. The largest absolute Gasteiger partial charge is 0.394 e. The van der Waals surface area contributed by atoms with Crippen LogP contribution in [0.5, 0.6) is 0 Å². The van der Waals surface area contributed by atoms with Crippen molar-refractivity contribution < 1.29 is 25.2 Å². The van der Waals surface area contributed by atoms with Gasteiger partial charge in [-0.3, -0.25) is 4.79 Å². The van der Waals surface area contributed by atoms with E-state index in [0.29, 0.717) is 19.3 Å². The highest BCUT2D eigenvalue weighted by atomic mass is 16.3. The fourth-order valence-electron chi connectivity index (χ4n) is 7.08. The maximum Gasteiger partial charge on any atom is 0.249 e. The topological polar surface area (TPSA) is 110 Å². The van der Waals surface area contributed by atoms with Crippen LogP contribution in [-0.4, -0.2) is 57.3 Å². The Balaban J connectivity index is 3.59. The summed E-state index contributed by atoms with van der Waals surface area (Å²) in [5.74, 6) is -0.597. The summed E-state index contributed by atoms with van der Waals surface area (Å²) < 4.78 is 0. The van der Waals surface area contributed by atoms with Crippen molar-refractivity contribution in [3.63, 3.8) is 0 Å². The van der Waals surface area contributed by atoms with Crippen LogP contribution in [0.2, 0.25) is 0 Å². The summed E-state index contributed by atoms with van der Waals surface area (Å²) in [7, 11) is 0. The molecule has 0 bridgehead atoms. The Bertz CT molecular complexity index is 858. The van der Waals surface area contributed by atoms with Crippen LogP contribution in [-0.2, 0) is 4.79 Å². The highest BCUT2D eigenvalue weighted by Gasteiger charge is 2.28. The minimum absolute atomic E-state index is 0.362. The Labute approximate surface area is 335 Å². The van der Waals surface area contributed by atoms with Gasteiger partial charge in [-0.1, -0.05) is 198 Å². The molecule has 6 nitrogen and oxygen atoms in total. The van der Waals surface area contributed by atoms with E-state index in [-0.39, 0.29) is 0 Å². The number of amides is 1. The summed E-state index contributed by atoms with van der Waals surface area (Å²) in [4.78, 5) is 12.5. The lowest BCUT2D eigenvalue weighted by Crippen LogP contribution is -2.53. The molecular formula is C48H91NO5. The van der Waals surface area contributed by atoms with E-state index in [1.54, 1.807) is 0 Å². The number of hydrogen-bond acceptors (Lipinski definition) is 5. The van der Waals surface area contributed by atoms with Gasteiger partial charge in [-0.2, -0.15) is 0 Å². The molecule has 0 radical (unpaired) electrons. The van der Waals surface area contributed by atoms with Gasteiger partial charge in [0.25, 0.3) is 0 Å². The van der Waals surface area contributed by atoms with Crippen LogP contribution in [0.1, 0.15) is 232 Å². The van der Waals surface area contributed by atoms with Crippen LogP contribution >= 0.6 is 0 Å². The third-order valence-corrected chi connectivity index (χ3v) is 10.8. The average Bonchev–Trinajstić information content (AvgIpc) is 3.18. The second kappa shape index (κ2) is 42.7. The summed E-state index contributed by atoms with van der Waals surface area (Å²) in [6, 6.07) is -0.999. The molecule has 0 rings (SSSR count). The SMILES string of the molecule is CCCCC/C=C/CCCC(O)C(O)C(CO)NC(=O)C(O)CCCCCCCCCCCCCCCC/C=C\C/C=C\CCCCCCCCCCC. The maximum atomic E-state index is 12.5. The molecule has 4 atom stereocenters. The zero-order valence-corrected chi connectivity index (χ0v) is 35.7. The quantitative estimate of drug-likeness (QED) is 0.0314. The lowest BCUT2D eigenvalue weighted by Gasteiger charge is -2.27. The highest BCUT2D eigenvalue weighted by molar-refractivity contribution is 5.80. The first-order chi connectivity index (χ1) is 26.5. The molecule has 318 valence electrons. The predicted octanol–water partition coefficient (Wildman–Crippen LogP) is 12.5. The summed E-state index contributed by atoms with van der Waals surface area (Å²) >= 11 is 0. The molecule has 5 N–H and O–H groups in total. The number of carbonyl (C=O) groups excluding carboxylic acids is 1. The molecule has 0 aromatic rings. The summed E-state index contributed by atoms with van der Waals surface area (Å²) in [6.45, 7) is 3.97. The average molecular weight is 762 g/mol. The number of carbonyl (C=O) groups is 1. The Hall–Kier alpha value is -1.47. The first-order valence-corrected chi connectivity index (χ1v) is 23.4. The van der Waals surface area contributed by atoms with Crippen molar-refractivity contribution in [3.05, 3.63) is 36.5 Å². The minimum Gasteiger partial charge on any atom is -0.394 e. The van der Waals surface area contributed by atoms with Crippen LogP contribution in [0.3, 0.4) is 0 Å². The molecular weight excluding hydrogens is 671 g/mol. The van der Waals surface area contributed by atoms with Crippen LogP contribution in [0, 0.1) is 0 Å². The minimum atomic E-state index is -1.28. The molecule has 0 spiro atoms. The standard InChI is InChI=1S/C48H91NO5/c1-3-5-7-9-11-13-14-15-16-17-18-19-20-21-22-23-24-25-26-27-28-29-30-31-32-33-34-36-38-40-42-46(52)48(54)49-44(43-50)47(53)45(51)41-39-37-35-12-10-8-6-4-2/h12,18-19,21-22,35,44-47,50-53H,3-11,13-17,20,23-34,36-43H2,1-2H3,(H,49,54)/b19-18-,22-21-,35-12+. The van der Waals surface area contributed by atoms with Gasteiger partial charge in [-0.05, 0) is 70.6 Å². The van der Waals surface area contributed by atoms with Gasteiger partial charge in [-0.15, -0.1) is 0 Å². The summed E-state index contributed by atoms with van der Waals surface area (Å²) in [5.41, 5.74) is 0. The molecule has 0 aliphatic rings. The van der Waals surface area contributed by atoms with E-state index in [0.717, 1.165) is 38.5 Å². The fraction of sp³-hybridized carbons (Fsp3) is 0.854. The molecule has 0 heterocycles. The molecule has 6 heteroatoms. The van der Waals surface area contributed by atoms with Crippen molar-refractivity contribution in [2.45, 2.75) is 257 Å². The molecule has 0 saturated heterocycles. The lowest BCUT2D eigenvalue weighted by atomic mass is 10.00. The molecule has 0 aliphatic carbocycles. The van der Waals surface area contributed by atoms with Gasteiger partial charge in [0.15, 0.2) is 0 Å². The Morgan fingerprint density at radius 2 is 0.815 bits per heavy atom. The van der Waals surface area contributed by atoms with E-state index in [1.165, 1.54) is 161 Å². The Kier molecular flexibility index (Phi) is 41.5. The van der Waals surface area contributed by atoms with Gasteiger partial charge >= 0.3 is 0 Å². The van der Waals surface area contributed by atoms with Crippen molar-refractivity contribution >= 4 is 5.91 Å². The number of aliphatic hydroxyl groups excluding tert-OH is 4. The zero-order valence-electron chi connectivity index (χ0n) is 35.7. The van der Waals surface area contributed by atoms with E-state index >= 15 is 0 Å². The number of hydrogen-bond donors (Lipinski definition) is 5. The number of unbranched alkanes of at least 4 members (excludes halogenated alkanes) is 27. The van der Waals surface area contributed by atoms with Crippen molar-refractivity contribution in [3.8, 4) is 0 Å². The van der Waals surface area contributed by atoms with Crippen LogP contribution in [0.15, 0.2) is 36.5 Å². The predicted molar refractivity (Wildman–Crippen MR) is 233 cm³/mol. The number of allylic oxidation sites excluding steroid dienone is 6. The monoisotopic (exact) mass is 762 g/mol. The first-order valence-electron chi connectivity index (χ1n) is 23.4. The van der Waals surface area contributed by atoms with E-state index in [2.05, 4.69) is 55.6 Å². The summed E-state index contributed by atoms with van der Waals surface area (Å²) in [6.07, 6.45) is 50.8. The number of rotatable bonds is 42. The van der Waals surface area contributed by atoms with Crippen molar-refractivity contribution in [2.24, 2.45) is 0 Å². The molecule has 0 aliphatic heterocycles. The van der Waals surface area contributed by atoms with Crippen molar-refractivity contribution in [1.82, 2.24) is 5.32 Å². The van der Waals surface area contributed by atoms with E-state index in [4.69, 9.17) is 0 Å². The van der Waals surface area contributed by atoms with E-state index < -0.39 is 36.9 Å². The van der Waals surface area contributed by atoms with Gasteiger partial charge in [0.05, 0.1) is 18.8 Å². The highest BCUT2D eigenvalue weighted by Crippen LogP contribution is 2.16. The van der Waals surface area contributed by atoms with Gasteiger partial charge < -0.3 is 25.7 Å². The van der Waals surface area contributed by atoms with Crippen molar-refractivity contribution in [1.29, 1.82) is 0 Å². The second-order valence-corrected chi connectivity index (χ2v) is 16.1. The number of aliphatic hydroxyl groups is 4. The Morgan fingerprint density at radius 3 is 1.26 bits per heavy atom. The molecule has 54 heavy (non-hydrogen) atoms. The molecule has 0 saturated carbocycles. The third-order valence-electron chi connectivity index (χ3n) is 10.8.